The lowest BCUT2D eigenvalue weighted by Gasteiger charge is -2.19. The van der Waals surface area contributed by atoms with E-state index in [0.29, 0.717) is 5.92 Å². The molecule has 0 aromatic heterocycles. The lowest BCUT2D eigenvalue weighted by Crippen LogP contribution is -2.22. The second kappa shape index (κ2) is 5.66. The zero-order valence-electron chi connectivity index (χ0n) is 10.9. The van der Waals surface area contributed by atoms with Gasteiger partial charge >= 0.3 is 5.69 Å². The molecule has 0 aliphatic heterocycles. The number of nitro benzene ring substituents is 1. The second-order valence-corrected chi connectivity index (χ2v) is 4.44. The molecule has 1 aromatic rings. The van der Waals surface area contributed by atoms with E-state index >= 15 is 0 Å². The first-order valence-corrected chi connectivity index (χ1v) is 5.65. The largest absolute Gasteiger partial charge is 0.490 e. The number of hydrogen-bond acceptors (Lipinski definition) is 4. The molecule has 0 aliphatic rings. The minimum atomic E-state index is -0.669. The van der Waals surface area contributed by atoms with E-state index < -0.39 is 10.7 Å². The molecule has 0 saturated heterocycles. The molecule has 1 unspecified atom stereocenters. The quantitative estimate of drug-likeness (QED) is 0.649. The fourth-order valence-corrected chi connectivity index (χ4v) is 1.37. The van der Waals surface area contributed by atoms with Gasteiger partial charge in [0, 0.05) is 12.1 Å². The van der Waals surface area contributed by atoms with Gasteiger partial charge in [-0.1, -0.05) is 13.8 Å². The van der Waals surface area contributed by atoms with Crippen LogP contribution in [0.4, 0.5) is 15.8 Å². The Morgan fingerprint density at radius 1 is 1.39 bits per heavy atom. The van der Waals surface area contributed by atoms with Gasteiger partial charge in [-0.25, -0.2) is 4.39 Å². The molecule has 100 valence electrons. The highest BCUT2D eigenvalue weighted by Gasteiger charge is 2.20. The summed E-state index contributed by atoms with van der Waals surface area (Å²) in [6.07, 6.45) is 0. The molecular weight excluding hydrogens is 239 g/mol. The van der Waals surface area contributed by atoms with Crippen molar-refractivity contribution in [3.8, 4) is 5.75 Å². The molecule has 1 rings (SSSR count). The molecule has 0 spiro atoms. The number of benzene rings is 1. The zero-order chi connectivity index (χ0) is 13.9. The number of nitro groups is 1. The van der Waals surface area contributed by atoms with E-state index in [2.05, 4.69) is 5.32 Å². The summed E-state index contributed by atoms with van der Waals surface area (Å²) in [6.45, 7) is 5.91. The van der Waals surface area contributed by atoms with Crippen molar-refractivity contribution in [1.82, 2.24) is 0 Å². The minimum Gasteiger partial charge on any atom is -0.490 e. The Morgan fingerprint density at radius 2 is 2.00 bits per heavy atom. The summed E-state index contributed by atoms with van der Waals surface area (Å²) in [5, 5.41) is 13.7. The van der Waals surface area contributed by atoms with Gasteiger partial charge in [-0.3, -0.25) is 10.1 Å². The normalized spacial score (nSPS) is 12.3. The number of methoxy groups -OCH3 is 1. The molecule has 0 bridgehead atoms. The number of anilines is 1. The topological polar surface area (TPSA) is 64.4 Å². The third-order valence-corrected chi connectivity index (χ3v) is 2.85. The van der Waals surface area contributed by atoms with E-state index in [9.17, 15) is 14.5 Å². The Morgan fingerprint density at radius 3 is 2.44 bits per heavy atom. The molecule has 0 radical (unpaired) electrons. The van der Waals surface area contributed by atoms with Crippen LogP contribution in [0.3, 0.4) is 0 Å². The molecule has 6 heteroatoms. The van der Waals surface area contributed by atoms with Crippen LogP contribution in [0.1, 0.15) is 20.8 Å². The third-order valence-electron chi connectivity index (χ3n) is 2.85. The van der Waals surface area contributed by atoms with E-state index in [-0.39, 0.29) is 23.2 Å². The van der Waals surface area contributed by atoms with Crippen LogP contribution in [0.5, 0.6) is 5.75 Å². The number of nitrogens with zero attached hydrogens (tertiary/aromatic N) is 1. The Labute approximate surface area is 105 Å². The van der Waals surface area contributed by atoms with E-state index in [1.165, 1.54) is 13.2 Å². The Bertz CT molecular complexity index is 449. The van der Waals surface area contributed by atoms with Crippen molar-refractivity contribution in [1.29, 1.82) is 0 Å². The molecule has 0 aliphatic carbocycles. The summed E-state index contributed by atoms with van der Waals surface area (Å²) in [7, 11) is 1.32. The van der Waals surface area contributed by atoms with Gasteiger partial charge in [0.25, 0.3) is 0 Å². The van der Waals surface area contributed by atoms with Crippen molar-refractivity contribution in [2.24, 2.45) is 5.92 Å². The van der Waals surface area contributed by atoms with Crippen molar-refractivity contribution in [3.05, 3.63) is 28.1 Å². The van der Waals surface area contributed by atoms with Crippen LogP contribution in [0.2, 0.25) is 0 Å². The minimum absolute atomic E-state index is 0.0415. The van der Waals surface area contributed by atoms with Crippen LogP contribution in [0, 0.1) is 21.8 Å². The van der Waals surface area contributed by atoms with Crippen LogP contribution >= 0.6 is 0 Å². The molecule has 0 saturated carbocycles. The molecule has 0 heterocycles. The van der Waals surface area contributed by atoms with Crippen molar-refractivity contribution >= 4 is 11.4 Å². The summed E-state index contributed by atoms with van der Waals surface area (Å²) in [5.41, 5.74) is -0.170. The van der Waals surface area contributed by atoms with E-state index in [1.54, 1.807) is 0 Å². The van der Waals surface area contributed by atoms with Gasteiger partial charge in [0.1, 0.15) is 0 Å². The van der Waals surface area contributed by atoms with Gasteiger partial charge in [0.15, 0.2) is 11.6 Å². The van der Waals surface area contributed by atoms with Gasteiger partial charge in [-0.2, -0.15) is 0 Å². The molecule has 1 atom stereocenters. The van der Waals surface area contributed by atoms with Crippen molar-refractivity contribution < 1.29 is 14.1 Å². The van der Waals surface area contributed by atoms with Gasteiger partial charge < -0.3 is 10.1 Å². The highest BCUT2D eigenvalue weighted by atomic mass is 19.1. The monoisotopic (exact) mass is 256 g/mol. The second-order valence-electron chi connectivity index (χ2n) is 4.44. The summed E-state index contributed by atoms with van der Waals surface area (Å²) >= 11 is 0. The van der Waals surface area contributed by atoms with Crippen LogP contribution in [-0.4, -0.2) is 18.1 Å². The maximum absolute atomic E-state index is 13.7. The van der Waals surface area contributed by atoms with Gasteiger partial charge in [0.2, 0.25) is 0 Å². The molecular formula is C12H17FN2O3. The Balaban J connectivity index is 3.11. The maximum Gasteiger partial charge on any atom is 0.313 e. The highest BCUT2D eigenvalue weighted by molar-refractivity contribution is 5.59. The number of hydrogen-bond donors (Lipinski definition) is 1. The first kappa shape index (κ1) is 14.2. The van der Waals surface area contributed by atoms with Crippen LogP contribution < -0.4 is 10.1 Å². The number of ether oxygens (including phenoxy) is 1. The van der Waals surface area contributed by atoms with Crippen LogP contribution in [0.25, 0.3) is 0 Å². The predicted molar refractivity (Wildman–Crippen MR) is 67.5 cm³/mol. The number of halogens is 1. The van der Waals surface area contributed by atoms with Gasteiger partial charge in [-0.05, 0) is 12.8 Å². The smallest absolute Gasteiger partial charge is 0.313 e. The van der Waals surface area contributed by atoms with Crippen molar-refractivity contribution in [2.45, 2.75) is 26.8 Å². The first-order valence-electron chi connectivity index (χ1n) is 5.65. The summed E-state index contributed by atoms with van der Waals surface area (Å²) in [4.78, 5) is 10.0. The summed E-state index contributed by atoms with van der Waals surface area (Å²) in [5.74, 6) is -0.305. The van der Waals surface area contributed by atoms with E-state index in [0.717, 1.165) is 6.07 Å². The molecule has 0 fully saturated rings. The SMILES string of the molecule is COc1cc(NC(C)C(C)C)c(F)cc1[N+](=O)[O-]. The van der Waals surface area contributed by atoms with E-state index in [1.807, 2.05) is 20.8 Å². The van der Waals surface area contributed by atoms with Gasteiger partial charge in [0.05, 0.1) is 23.8 Å². The fraction of sp³-hybridized carbons (Fsp3) is 0.500. The number of nitrogens with one attached hydrogen (secondary N) is 1. The fourth-order valence-electron chi connectivity index (χ4n) is 1.37. The molecule has 1 aromatic carbocycles. The Hall–Kier alpha value is -1.85. The number of rotatable bonds is 5. The lowest BCUT2D eigenvalue weighted by molar-refractivity contribution is -0.385. The van der Waals surface area contributed by atoms with Crippen LogP contribution in [0.15, 0.2) is 12.1 Å². The average molecular weight is 256 g/mol. The standard InChI is InChI=1S/C12H17FN2O3/c1-7(2)8(3)14-10-6-12(18-4)11(15(16)17)5-9(10)13/h5-8,14H,1-4H3. The lowest BCUT2D eigenvalue weighted by atomic mass is 10.1. The molecule has 1 N–H and O–H groups in total. The van der Waals surface area contributed by atoms with Gasteiger partial charge in [-0.15, -0.1) is 0 Å². The molecule has 5 nitrogen and oxygen atoms in total. The summed E-state index contributed by atoms with van der Waals surface area (Å²) < 4.78 is 18.6. The Kier molecular flexibility index (Phi) is 4.47. The van der Waals surface area contributed by atoms with Crippen molar-refractivity contribution in [3.63, 3.8) is 0 Å². The van der Waals surface area contributed by atoms with Crippen LogP contribution in [-0.2, 0) is 0 Å². The zero-order valence-corrected chi connectivity index (χ0v) is 10.9. The predicted octanol–water partition coefficient (Wildman–Crippen LogP) is 3.20. The van der Waals surface area contributed by atoms with Crippen molar-refractivity contribution in [2.75, 3.05) is 12.4 Å². The first-order chi connectivity index (χ1) is 8.36. The molecule has 0 amide bonds. The third kappa shape index (κ3) is 3.09. The molecule has 18 heavy (non-hydrogen) atoms. The van der Waals surface area contributed by atoms with E-state index in [4.69, 9.17) is 4.74 Å². The summed E-state index contributed by atoms with van der Waals surface area (Å²) in [6, 6.07) is 2.23. The maximum atomic E-state index is 13.7. The average Bonchev–Trinajstić information content (AvgIpc) is 2.30. The highest BCUT2D eigenvalue weighted by Crippen LogP contribution is 2.32.